The van der Waals surface area contributed by atoms with Crippen molar-refractivity contribution >= 4 is 33.4 Å². The molecule has 0 aliphatic heterocycles. The fraction of sp³-hybridized carbons (Fsp3) is 0.300. The van der Waals surface area contributed by atoms with Crippen molar-refractivity contribution in [3.05, 3.63) is 54.1 Å². The molecule has 0 heterocycles. The standard InChI is InChI=1S/C20H25N3O5S/c1-20(2,3)28-19(25)22-15-11-9-14(10-12-15)18(24)21-16-7-6-8-17(13-16)29(26,27)23(4)5/h6-13H,1-5H3,(H,21,24)(H,22,25). The summed E-state index contributed by atoms with van der Waals surface area (Å²) in [6, 6.07) is 12.3. The normalized spacial score (nSPS) is 11.8. The van der Waals surface area contributed by atoms with E-state index < -0.39 is 27.6 Å². The highest BCUT2D eigenvalue weighted by atomic mass is 32.2. The second-order valence-electron chi connectivity index (χ2n) is 7.47. The van der Waals surface area contributed by atoms with Crippen LogP contribution in [-0.2, 0) is 14.8 Å². The smallest absolute Gasteiger partial charge is 0.412 e. The average Bonchev–Trinajstić information content (AvgIpc) is 2.60. The van der Waals surface area contributed by atoms with Gasteiger partial charge in [-0.15, -0.1) is 0 Å². The third-order valence-corrected chi connectivity index (χ3v) is 5.47. The number of hydrogen-bond donors (Lipinski definition) is 2. The van der Waals surface area contributed by atoms with Gasteiger partial charge in [-0.1, -0.05) is 6.07 Å². The Bertz CT molecular complexity index is 994. The minimum atomic E-state index is -3.60. The highest BCUT2D eigenvalue weighted by Crippen LogP contribution is 2.19. The Hall–Kier alpha value is -2.91. The van der Waals surface area contributed by atoms with E-state index in [9.17, 15) is 18.0 Å². The highest BCUT2D eigenvalue weighted by Gasteiger charge is 2.18. The van der Waals surface area contributed by atoms with Crippen LogP contribution in [0.5, 0.6) is 0 Å². The number of hydrogen-bond acceptors (Lipinski definition) is 5. The Labute approximate surface area is 170 Å². The van der Waals surface area contributed by atoms with E-state index in [0.29, 0.717) is 16.9 Å². The lowest BCUT2D eigenvalue weighted by Gasteiger charge is -2.19. The van der Waals surface area contributed by atoms with Gasteiger partial charge in [0.15, 0.2) is 0 Å². The van der Waals surface area contributed by atoms with Crippen molar-refractivity contribution in [2.24, 2.45) is 0 Å². The lowest BCUT2D eigenvalue weighted by molar-refractivity contribution is 0.0635. The highest BCUT2D eigenvalue weighted by molar-refractivity contribution is 7.89. The summed E-state index contributed by atoms with van der Waals surface area (Å²) in [5.41, 5.74) is 0.572. The summed E-state index contributed by atoms with van der Waals surface area (Å²) in [6.07, 6.45) is -0.589. The molecular weight excluding hydrogens is 394 g/mol. The lowest BCUT2D eigenvalue weighted by Crippen LogP contribution is -2.27. The molecule has 0 saturated carbocycles. The Kier molecular flexibility index (Phi) is 6.66. The molecule has 0 aliphatic carbocycles. The average molecular weight is 420 g/mol. The maximum Gasteiger partial charge on any atom is 0.412 e. The van der Waals surface area contributed by atoms with Crippen LogP contribution in [0, 0.1) is 0 Å². The zero-order valence-electron chi connectivity index (χ0n) is 17.0. The van der Waals surface area contributed by atoms with Gasteiger partial charge in [-0.3, -0.25) is 10.1 Å². The Morgan fingerprint density at radius 2 is 1.55 bits per heavy atom. The van der Waals surface area contributed by atoms with Crippen molar-refractivity contribution in [3.8, 4) is 0 Å². The van der Waals surface area contributed by atoms with Gasteiger partial charge in [0.05, 0.1) is 4.90 Å². The first kappa shape index (κ1) is 22.4. The number of rotatable bonds is 5. The van der Waals surface area contributed by atoms with E-state index in [0.717, 1.165) is 4.31 Å². The molecule has 29 heavy (non-hydrogen) atoms. The SMILES string of the molecule is CN(C)S(=O)(=O)c1cccc(NC(=O)c2ccc(NC(=O)OC(C)(C)C)cc2)c1. The van der Waals surface area contributed by atoms with Crippen molar-refractivity contribution in [3.63, 3.8) is 0 Å². The number of carbonyl (C=O) groups is 2. The molecule has 2 amide bonds. The zero-order chi connectivity index (χ0) is 21.8. The minimum absolute atomic E-state index is 0.0807. The molecule has 156 valence electrons. The fourth-order valence-electron chi connectivity index (χ4n) is 2.27. The minimum Gasteiger partial charge on any atom is -0.444 e. The zero-order valence-corrected chi connectivity index (χ0v) is 17.8. The van der Waals surface area contributed by atoms with Gasteiger partial charge in [-0.05, 0) is 63.2 Å². The van der Waals surface area contributed by atoms with Crippen LogP contribution in [0.15, 0.2) is 53.4 Å². The van der Waals surface area contributed by atoms with Crippen molar-refractivity contribution in [2.45, 2.75) is 31.3 Å². The first-order chi connectivity index (χ1) is 13.4. The van der Waals surface area contributed by atoms with Crippen molar-refractivity contribution < 1.29 is 22.7 Å². The van der Waals surface area contributed by atoms with Gasteiger partial charge in [-0.2, -0.15) is 0 Å². The number of benzene rings is 2. The summed E-state index contributed by atoms with van der Waals surface area (Å²) in [5, 5.41) is 5.25. The molecule has 0 fully saturated rings. The van der Waals surface area contributed by atoms with Gasteiger partial charge in [0.25, 0.3) is 5.91 Å². The summed E-state index contributed by atoms with van der Waals surface area (Å²) >= 11 is 0. The summed E-state index contributed by atoms with van der Waals surface area (Å²) < 4.78 is 30.7. The Morgan fingerprint density at radius 1 is 0.931 bits per heavy atom. The number of ether oxygens (including phenoxy) is 1. The van der Waals surface area contributed by atoms with Crippen molar-refractivity contribution in [1.29, 1.82) is 0 Å². The largest absolute Gasteiger partial charge is 0.444 e. The van der Waals surface area contributed by atoms with E-state index in [-0.39, 0.29) is 4.90 Å². The number of sulfonamides is 1. The molecule has 8 nitrogen and oxygen atoms in total. The molecular formula is C20H25N3O5S. The number of nitrogens with one attached hydrogen (secondary N) is 2. The summed E-state index contributed by atoms with van der Waals surface area (Å²) in [7, 11) is -0.724. The van der Waals surface area contributed by atoms with Crippen LogP contribution in [0.1, 0.15) is 31.1 Å². The Balaban J connectivity index is 2.08. The number of anilines is 2. The Morgan fingerprint density at radius 3 is 2.10 bits per heavy atom. The monoisotopic (exact) mass is 419 g/mol. The third-order valence-electron chi connectivity index (χ3n) is 3.66. The molecule has 0 saturated heterocycles. The van der Waals surface area contributed by atoms with Crippen LogP contribution in [0.4, 0.5) is 16.2 Å². The second kappa shape index (κ2) is 8.62. The molecule has 0 radical (unpaired) electrons. The molecule has 2 aromatic rings. The van der Waals surface area contributed by atoms with E-state index in [2.05, 4.69) is 10.6 Å². The van der Waals surface area contributed by atoms with Crippen LogP contribution in [-0.4, -0.2) is 44.4 Å². The summed E-state index contributed by atoms with van der Waals surface area (Å²) in [6.45, 7) is 5.29. The first-order valence-corrected chi connectivity index (χ1v) is 10.3. The van der Waals surface area contributed by atoms with Gasteiger partial charge in [0.1, 0.15) is 5.60 Å². The van der Waals surface area contributed by atoms with Crippen LogP contribution in [0.3, 0.4) is 0 Å². The molecule has 0 aliphatic rings. The predicted molar refractivity (Wildman–Crippen MR) is 112 cm³/mol. The van der Waals surface area contributed by atoms with Crippen LogP contribution in [0.25, 0.3) is 0 Å². The maximum absolute atomic E-state index is 12.4. The van der Waals surface area contributed by atoms with E-state index in [4.69, 9.17) is 4.74 Å². The van der Waals surface area contributed by atoms with Crippen LogP contribution in [0.2, 0.25) is 0 Å². The van der Waals surface area contributed by atoms with Gasteiger partial charge in [0.2, 0.25) is 10.0 Å². The fourth-order valence-corrected chi connectivity index (χ4v) is 3.22. The van der Waals surface area contributed by atoms with E-state index in [1.165, 1.54) is 26.2 Å². The lowest BCUT2D eigenvalue weighted by atomic mass is 10.2. The van der Waals surface area contributed by atoms with E-state index in [1.807, 2.05) is 0 Å². The molecule has 0 spiro atoms. The third kappa shape index (κ3) is 6.30. The van der Waals surface area contributed by atoms with Gasteiger partial charge < -0.3 is 10.1 Å². The second-order valence-corrected chi connectivity index (χ2v) is 9.63. The molecule has 9 heteroatoms. The molecule has 2 aromatic carbocycles. The quantitative estimate of drug-likeness (QED) is 0.771. The summed E-state index contributed by atoms with van der Waals surface area (Å²) in [5.74, 6) is -0.409. The first-order valence-electron chi connectivity index (χ1n) is 8.82. The van der Waals surface area contributed by atoms with Crippen LogP contribution >= 0.6 is 0 Å². The summed E-state index contributed by atoms with van der Waals surface area (Å²) in [4.78, 5) is 24.3. The predicted octanol–water partition coefficient (Wildman–Crippen LogP) is 3.54. The molecule has 2 N–H and O–H groups in total. The van der Waals surface area contributed by atoms with Gasteiger partial charge in [0, 0.05) is 31.0 Å². The van der Waals surface area contributed by atoms with E-state index >= 15 is 0 Å². The molecule has 0 bridgehead atoms. The number of carbonyl (C=O) groups excluding carboxylic acids is 2. The number of amides is 2. The van der Waals surface area contributed by atoms with Crippen molar-refractivity contribution in [1.82, 2.24) is 4.31 Å². The van der Waals surface area contributed by atoms with E-state index in [1.54, 1.807) is 57.2 Å². The van der Waals surface area contributed by atoms with Gasteiger partial charge >= 0.3 is 6.09 Å². The number of nitrogens with zero attached hydrogens (tertiary/aromatic N) is 1. The van der Waals surface area contributed by atoms with Gasteiger partial charge in [-0.25, -0.2) is 17.5 Å². The van der Waals surface area contributed by atoms with Crippen molar-refractivity contribution in [2.75, 3.05) is 24.7 Å². The topological polar surface area (TPSA) is 105 Å². The molecule has 0 aromatic heterocycles. The molecule has 0 atom stereocenters. The van der Waals surface area contributed by atoms with Crippen LogP contribution < -0.4 is 10.6 Å². The maximum atomic E-state index is 12.4. The molecule has 0 unspecified atom stereocenters. The molecule has 2 rings (SSSR count).